The highest BCUT2D eigenvalue weighted by Gasteiger charge is 2.25. The van der Waals surface area contributed by atoms with Gasteiger partial charge in [0.1, 0.15) is 11.5 Å². The Labute approximate surface area is 187 Å². The summed E-state index contributed by atoms with van der Waals surface area (Å²) < 4.78 is 15.4. The third-order valence-corrected chi connectivity index (χ3v) is 5.39. The van der Waals surface area contributed by atoms with Crippen LogP contribution in [0.3, 0.4) is 0 Å². The molecule has 0 aliphatic carbocycles. The van der Waals surface area contributed by atoms with Crippen LogP contribution >= 0.6 is 0 Å². The van der Waals surface area contributed by atoms with Crippen molar-refractivity contribution in [1.29, 1.82) is 0 Å². The van der Waals surface area contributed by atoms with E-state index in [4.69, 9.17) is 14.2 Å². The van der Waals surface area contributed by atoms with Gasteiger partial charge in [-0.1, -0.05) is 12.1 Å². The van der Waals surface area contributed by atoms with Crippen molar-refractivity contribution in [1.82, 2.24) is 9.80 Å². The van der Waals surface area contributed by atoms with Crippen LogP contribution in [-0.4, -0.2) is 67.2 Å². The van der Waals surface area contributed by atoms with Crippen molar-refractivity contribution in [2.75, 3.05) is 39.4 Å². The maximum absolute atomic E-state index is 12.8. The number of piperazine rings is 1. The predicted molar refractivity (Wildman–Crippen MR) is 118 cm³/mol. The van der Waals surface area contributed by atoms with Crippen LogP contribution < -0.4 is 9.47 Å². The van der Waals surface area contributed by atoms with Crippen LogP contribution in [0, 0.1) is 13.8 Å². The van der Waals surface area contributed by atoms with E-state index in [9.17, 15) is 14.4 Å². The molecule has 1 fully saturated rings. The molecule has 0 N–H and O–H groups in total. The van der Waals surface area contributed by atoms with Crippen molar-refractivity contribution in [3.05, 3.63) is 59.2 Å². The highest BCUT2D eigenvalue weighted by atomic mass is 16.7. The summed E-state index contributed by atoms with van der Waals surface area (Å²) in [4.78, 5) is 40.1. The fourth-order valence-electron chi connectivity index (χ4n) is 3.36. The molecule has 1 saturated heterocycles. The van der Waals surface area contributed by atoms with Gasteiger partial charge < -0.3 is 24.0 Å². The van der Waals surface area contributed by atoms with Gasteiger partial charge in [-0.05, 0) is 62.2 Å². The van der Waals surface area contributed by atoms with Gasteiger partial charge in [0.05, 0.1) is 6.61 Å². The van der Waals surface area contributed by atoms with Crippen LogP contribution in [0.15, 0.2) is 42.5 Å². The van der Waals surface area contributed by atoms with E-state index in [1.807, 2.05) is 32.0 Å². The molecule has 32 heavy (non-hydrogen) atoms. The minimum Gasteiger partial charge on any atom is -0.483 e. The summed E-state index contributed by atoms with van der Waals surface area (Å²) in [6.45, 7) is 7.63. The van der Waals surface area contributed by atoms with Gasteiger partial charge in [0.2, 0.25) is 0 Å². The smallest absolute Gasteiger partial charge is 0.483 e. The highest BCUT2D eigenvalue weighted by molar-refractivity contribution is 5.94. The molecular weight excluding hydrogens is 412 g/mol. The Kier molecular flexibility index (Phi) is 7.70. The summed E-state index contributed by atoms with van der Waals surface area (Å²) in [6, 6.07) is 12.1. The summed E-state index contributed by atoms with van der Waals surface area (Å²) >= 11 is 0. The van der Waals surface area contributed by atoms with Gasteiger partial charge in [0.25, 0.3) is 11.8 Å². The Morgan fingerprint density at radius 1 is 0.906 bits per heavy atom. The lowest BCUT2D eigenvalue weighted by molar-refractivity contribution is -0.134. The molecule has 1 aliphatic rings. The monoisotopic (exact) mass is 440 g/mol. The SMILES string of the molecule is CCOC(=O)Oc1ccc(C(=O)N2CCN(C(=O)COc3cccc(C)c3C)CC2)cc1. The van der Waals surface area contributed by atoms with Gasteiger partial charge in [-0.2, -0.15) is 0 Å². The molecule has 0 radical (unpaired) electrons. The van der Waals surface area contributed by atoms with Gasteiger partial charge in [-0.3, -0.25) is 9.59 Å². The van der Waals surface area contributed by atoms with Gasteiger partial charge in [0, 0.05) is 31.7 Å². The van der Waals surface area contributed by atoms with Crippen molar-refractivity contribution in [2.45, 2.75) is 20.8 Å². The van der Waals surface area contributed by atoms with E-state index in [1.54, 1.807) is 41.0 Å². The van der Waals surface area contributed by atoms with Crippen LogP contribution in [0.4, 0.5) is 4.79 Å². The summed E-state index contributed by atoms with van der Waals surface area (Å²) in [5, 5.41) is 0. The first kappa shape index (κ1) is 23.1. The molecule has 0 aromatic heterocycles. The lowest BCUT2D eigenvalue weighted by Gasteiger charge is -2.34. The molecule has 170 valence electrons. The first-order valence-corrected chi connectivity index (χ1v) is 10.6. The third kappa shape index (κ3) is 5.78. The van der Waals surface area contributed by atoms with E-state index < -0.39 is 6.16 Å². The predicted octanol–water partition coefficient (Wildman–Crippen LogP) is 3.20. The van der Waals surface area contributed by atoms with Crippen molar-refractivity contribution in [3.63, 3.8) is 0 Å². The van der Waals surface area contributed by atoms with Crippen molar-refractivity contribution >= 4 is 18.0 Å². The van der Waals surface area contributed by atoms with E-state index in [0.29, 0.717) is 43.2 Å². The lowest BCUT2D eigenvalue weighted by Crippen LogP contribution is -2.51. The number of benzene rings is 2. The molecule has 1 aliphatic heterocycles. The molecule has 0 unspecified atom stereocenters. The van der Waals surface area contributed by atoms with Gasteiger partial charge in [-0.15, -0.1) is 0 Å². The number of nitrogens with zero attached hydrogens (tertiary/aromatic N) is 2. The second-order valence-corrected chi connectivity index (χ2v) is 7.47. The molecule has 8 nitrogen and oxygen atoms in total. The molecule has 1 heterocycles. The number of rotatable bonds is 6. The Bertz CT molecular complexity index is 965. The second-order valence-electron chi connectivity index (χ2n) is 7.47. The first-order chi connectivity index (χ1) is 15.4. The number of carbonyl (C=O) groups is 3. The first-order valence-electron chi connectivity index (χ1n) is 10.6. The topological polar surface area (TPSA) is 85.4 Å². The number of carbonyl (C=O) groups excluding carboxylic acids is 3. The van der Waals surface area contributed by atoms with Gasteiger partial charge in [-0.25, -0.2) is 4.79 Å². The zero-order chi connectivity index (χ0) is 23.1. The molecule has 0 saturated carbocycles. The molecule has 0 bridgehead atoms. The van der Waals surface area contributed by atoms with Crippen LogP contribution in [0.2, 0.25) is 0 Å². The Morgan fingerprint density at radius 3 is 2.22 bits per heavy atom. The Morgan fingerprint density at radius 2 is 1.56 bits per heavy atom. The fraction of sp³-hybridized carbons (Fsp3) is 0.375. The summed E-state index contributed by atoms with van der Waals surface area (Å²) in [5.74, 6) is 0.784. The zero-order valence-electron chi connectivity index (χ0n) is 18.6. The average molecular weight is 440 g/mol. The minimum absolute atomic E-state index is 0.0276. The third-order valence-electron chi connectivity index (χ3n) is 5.39. The van der Waals surface area contributed by atoms with E-state index in [1.165, 1.54) is 0 Å². The van der Waals surface area contributed by atoms with E-state index in [2.05, 4.69) is 0 Å². The number of amides is 2. The molecule has 2 amide bonds. The standard InChI is InChI=1S/C24H28N2O6/c1-4-30-24(29)32-20-10-8-19(9-11-20)23(28)26-14-12-25(13-15-26)22(27)16-31-21-7-5-6-17(2)18(21)3/h5-11H,4,12-16H2,1-3H3. The fourth-order valence-corrected chi connectivity index (χ4v) is 3.36. The second kappa shape index (κ2) is 10.7. The van der Waals surface area contributed by atoms with Gasteiger partial charge in [0.15, 0.2) is 6.61 Å². The van der Waals surface area contributed by atoms with Crippen molar-refractivity contribution < 1.29 is 28.6 Å². The van der Waals surface area contributed by atoms with E-state index in [0.717, 1.165) is 11.1 Å². The Hall–Kier alpha value is -3.55. The molecule has 2 aromatic carbocycles. The molecule has 8 heteroatoms. The van der Waals surface area contributed by atoms with Crippen LogP contribution in [-0.2, 0) is 9.53 Å². The van der Waals surface area contributed by atoms with Crippen molar-refractivity contribution in [2.24, 2.45) is 0 Å². The number of ether oxygens (including phenoxy) is 3. The normalized spacial score (nSPS) is 13.5. The van der Waals surface area contributed by atoms with E-state index in [-0.39, 0.29) is 25.0 Å². The van der Waals surface area contributed by atoms with Crippen LogP contribution in [0.25, 0.3) is 0 Å². The van der Waals surface area contributed by atoms with Crippen molar-refractivity contribution in [3.8, 4) is 11.5 Å². The summed E-state index contributed by atoms with van der Waals surface area (Å²) in [6.07, 6.45) is -0.783. The Balaban J connectivity index is 1.48. The van der Waals surface area contributed by atoms with E-state index >= 15 is 0 Å². The molecule has 0 atom stereocenters. The number of aryl methyl sites for hydroxylation is 1. The summed E-state index contributed by atoms with van der Waals surface area (Å²) in [7, 11) is 0. The quantitative estimate of drug-likeness (QED) is 0.507. The van der Waals surface area contributed by atoms with Gasteiger partial charge >= 0.3 is 6.16 Å². The number of hydrogen-bond acceptors (Lipinski definition) is 6. The zero-order valence-corrected chi connectivity index (χ0v) is 18.6. The summed E-state index contributed by atoms with van der Waals surface area (Å²) in [5.41, 5.74) is 2.62. The number of hydrogen-bond donors (Lipinski definition) is 0. The van der Waals surface area contributed by atoms with Crippen LogP contribution in [0.5, 0.6) is 11.5 Å². The largest absolute Gasteiger partial charge is 0.513 e. The molecule has 2 aromatic rings. The highest BCUT2D eigenvalue weighted by Crippen LogP contribution is 2.21. The maximum Gasteiger partial charge on any atom is 0.513 e. The maximum atomic E-state index is 12.8. The minimum atomic E-state index is -0.783. The van der Waals surface area contributed by atoms with Crippen LogP contribution in [0.1, 0.15) is 28.4 Å². The molecule has 0 spiro atoms. The average Bonchev–Trinajstić information content (AvgIpc) is 2.80. The lowest BCUT2D eigenvalue weighted by atomic mass is 10.1. The molecular formula is C24H28N2O6. The molecule has 3 rings (SSSR count).